The second-order valence-electron chi connectivity index (χ2n) is 7.00. The molecule has 2 aromatic heterocycles. The second kappa shape index (κ2) is 11.1. The van der Waals surface area contributed by atoms with Crippen LogP contribution in [-0.4, -0.2) is 43.4 Å². The zero-order chi connectivity index (χ0) is 23.0. The first kappa shape index (κ1) is 23.0. The molecule has 3 N–H and O–H groups in total. The van der Waals surface area contributed by atoms with Crippen LogP contribution in [0.4, 0.5) is 17.6 Å². The van der Waals surface area contributed by atoms with Crippen LogP contribution < -0.4 is 11.1 Å². The molecule has 0 saturated carbocycles. The van der Waals surface area contributed by atoms with E-state index in [0.29, 0.717) is 41.5 Å². The molecule has 4 rings (SSSR count). The Labute approximate surface area is 200 Å². The first-order valence-electron chi connectivity index (χ1n) is 10.3. The first-order valence-corrected chi connectivity index (χ1v) is 11.6. The van der Waals surface area contributed by atoms with Crippen molar-refractivity contribution in [3.8, 4) is 11.4 Å². The number of aromatic nitrogens is 6. The quantitative estimate of drug-likeness (QED) is 0.250. The van der Waals surface area contributed by atoms with Crippen LogP contribution in [0, 0.1) is 0 Å². The highest BCUT2D eigenvalue weighted by molar-refractivity contribution is 7.98. The number of para-hydroxylation sites is 1. The van der Waals surface area contributed by atoms with Crippen molar-refractivity contribution in [2.75, 3.05) is 24.8 Å². The number of anilines is 3. The zero-order valence-electron chi connectivity index (χ0n) is 18.0. The monoisotopic (exact) mass is 482 g/mol. The summed E-state index contributed by atoms with van der Waals surface area (Å²) >= 11 is 7.89. The maximum absolute atomic E-state index is 6.42. The van der Waals surface area contributed by atoms with E-state index in [4.69, 9.17) is 22.1 Å². The van der Waals surface area contributed by atoms with Gasteiger partial charge in [0.05, 0.1) is 10.8 Å². The largest absolute Gasteiger partial charge is 0.385 e. The number of hydrogen-bond acceptors (Lipinski definition) is 9. The Morgan fingerprint density at radius 2 is 1.82 bits per heavy atom. The molecule has 2 aromatic carbocycles. The molecule has 0 bridgehead atoms. The van der Waals surface area contributed by atoms with Crippen molar-refractivity contribution in [1.29, 1.82) is 0 Å². The molecule has 0 saturated heterocycles. The molecule has 0 amide bonds. The van der Waals surface area contributed by atoms with Crippen molar-refractivity contribution >= 4 is 40.9 Å². The van der Waals surface area contributed by atoms with Gasteiger partial charge in [-0.15, -0.1) is 10.2 Å². The van der Waals surface area contributed by atoms with Crippen molar-refractivity contribution in [2.24, 2.45) is 0 Å². The first-order chi connectivity index (χ1) is 16.1. The maximum atomic E-state index is 6.42. The van der Waals surface area contributed by atoms with Crippen molar-refractivity contribution in [1.82, 2.24) is 29.7 Å². The maximum Gasteiger partial charge on any atom is 0.232 e. The third-order valence-electron chi connectivity index (χ3n) is 4.62. The van der Waals surface area contributed by atoms with E-state index < -0.39 is 0 Å². The molecule has 0 unspecified atom stereocenters. The molecular formula is C22H23ClN8OS. The number of halogens is 1. The molecule has 0 aliphatic carbocycles. The lowest BCUT2D eigenvalue weighted by Crippen LogP contribution is -2.08. The number of nitrogen functional groups attached to an aromatic ring is 1. The van der Waals surface area contributed by atoms with E-state index in [-0.39, 0.29) is 5.95 Å². The van der Waals surface area contributed by atoms with E-state index in [1.54, 1.807) is 7.11 Å². The molecule has 0 radical (unpaired) electrons. The van der Waals surface area contributed by atoms with E-state index in [0.717, 1.165) is 22.8 Å². The van der Waals surface area contributed by atoms with Crippen LogP contribution in [0.3, 0.4) is 0 Å². The Kier molecular flexibility index (Phi) is 7.71. The fourth-order valence-corrected chi connectivity index (χ4v) is 4.18. The van der Waals surface area contributed by atoms with Gasteiger partial charge in [0.15, 0.2) is 11.0 Å². The van der Waals surface area contributed by atoms with Gasteiger partial charge >= 0.3 is 0 Å². The molecule has 0 fully saturated rings. The molecule has 2 heterocycles. The highest BCUT2D eigenvalue weighted by Gasteiger charge is 2.17. The van der Waals surface area contributed by atoms with Gasteiger partial charge in [-0.25, -0.2) is 0 Å². The topological polar surface area (TPSA) is 117 Å². The summed E-state index contributed by atoms with van der Waals surface area (Å²) in [6.45, 7) is 1.31. The van der Waals surface area contributed by atoms with Gasteiger partial charge < -0.3 is 20.4 Å². The van der Waals surface area contributed by atoms with Crippen LogP contribution in [0.2, 0.25) is 5.02 Å². The number of rotatable bonds is 10. The zero-order valence-corrected chi connectivity index (χ0v) is 19.6. The Balaban J connectivity index is 1.55. The van der Waals surface area contributed by atoms with Gasteiger partial charge in [-0.1, -0.05) is 53.7 Å². The Morgan fingerprint density at radius 1 is 1.03 bits per heavy atom. The van der Waals surface area contributed by atoms with Gasteiger partial charge in [0.2, 0.25) is 11.9 Å². The number of nitrogens with two attached hydrogens (primary N) is 1. The van der Waals surface area contributed by atoms with Gasteiger partial charge in [-0.05, 0) is 30.7 Å². The average Bonchev–Trinajstić information content (AvgIpc) is 3.21. The summed E-state index contributed by atoms with van der Waals surface area (Å²) in [6.07, 6.45) is 0.809. The van der Waals surface area contributed by atoms with Gasteiger partial charge in [0.25, 0.3) is 0 Å². The van der Waals surface area contributed by atoms with E-state index in [9.17, 15) is 0 Å². The van der Waals surface area contributed by atoms with Crippen LogP contribution in [0.15, 0.2) is 59.8 Å². The van der Waals surface area contributed by atoms with Crippen molar-refractivity contribution in [3.05, 3.63) is 65.4 Å². The summed E-state index contributed by atoms with van der Waals surface area (Å²) in [4.78, 5) is 12.9. The van der Waals surface area contributed by atoms with Crippen LogP contribution in [0.25, 0.3) is 11.4 Å². The third-order valence-corrected chi connectivity index (χ3v) is 5.91. The number of benzene rings is 2. The van der Waals surface area contributed by atoms with Gasteiger partial charge in [-0.2, -0.15) is 15.0 Å². The Morgan fingerprint density at radius 3 is 2.61 bits per heavy atom. The minimum absolute atomic E-state index is 0.150. The summed E-state index contributed by atoms with van der Waals surface area (Å²) in [5.74, 6) is 2.23. The Bertz CT molecular complexity index is 1200. The van der Waals surface area contributed by atoms with Crippen LogP contribution >= 0.6 is 23.4 Å². The minimum Gasteiger partial charge on any atom is -0.385 e. The van der Waals surface area contributed by atoms with E-state index in [1.807, 2.05) is 59.2 Å². The van der Waals surface area contributed by atoms with Gasteiger partial charge in [0, 0.05) is 31.5 Å². The van der Waals surface area contributed by atoms with Crippen LogP contribution in [0.1, 0.15) is 12.2 Å². The molecule has 0 aliphatic rings. The lowest BCUT2D eigenvalue weighted by Gasteiger charge is -2.11. The lowest BCUT2D eigenvalue weighted by atomic mass is 10.2. The van der Waals surface area contributed by atoms with E-state index in [2.05, 4.69) is 30.5 Å². The standard InChI is InChI=1S/C22H23ClN8OS/c1-32-13-7-12-31-19(16-10-5-6-11-17(16)23)29-30-22(31)33-14-18-26-20(24)28-21(27-18)25-15-8-3-2-4-9-15/h2-6,8-11H,7,12-14H2,1H3,(H3,24,25,26,27,28). The van der Waals surface area contributed by atoms with Crippen LogP contribution in [-0.2, 0) is 17.0 Å². The van der Waals surface area contributed by atoms with Crippen molar-refractivity contribution < 1.29 is 4.74 Å². The van der Waals surface area contributed by atoms with Crippen molar-refractivity contribution in [2.45, 2.75) is 23.9 Å². The molecule has 170 valence electrons. The van der Waals surface area contributed by atoms with Crippen molar-refractivity contribution in [3.63, 3.8) is 0 Å². The molecule has 11 heteroatoms. The third kappa shape index (κ3) is 5.98. The highest BCUT2D eigenvalue weighted by Crippen LogP contribution is 2.30. The number of ether oxygens (including phenoxy) is 1. The molecule has 0 spiro atoms. The second-order valence-corrected chi connectivity index (χ2v) is 8.35. The lowest BCUT2D eigenvalue weighted by molar-refractivity contribution is 0.189. The predicted molar refractivity (Wildman–Crippen MR) is 130 cm³/mol. The highest BCUT2D eigenvalue weighted by atomic mass is 35.5. The molecule has 9 nitrogen and oxygen atoms in total. The SMILES string of the molecule is COCCCn1c(SCc2nc(N)nc(Nc3ccccc3)n2)nnc1-c1ccccc1Cl. The summed E-state index contributed by atoms with van der Waals surface area (Å²) in [6, 6.07) is 17.2. The van der Waals surface area contributed by atoms with Gasteiger partial charge in [-0.3, -0.25) is 0 Å². The molecule has 0 atom stereocenters. The fraction of sp³-hybridized carbons (Fsp3) is 0.227. The number of thioether (sulfide) groups is 1. The summed E-state index contributed by atoms with van der Waals surface area (Å²) in [5, 5.41) is 13.3. The molecule has 4 aromatic rings. The molecule has 0 aliphatic heterocycles. The molecule has 33 heavy (non-hydrogen) atoms. The van der Waals surface area contributed by atoms with E-state index in [1.165, 1.54) is 11.8 Å². The minimum atomic E-state index is 0.150. The summed E-state index contributed by atoms with van der Waals surface area (Å²) < 4.78 is 7.26. The predicted octanol–water partition coefficient (Wildman–Crippen LogP) is 4.44. The van der Waals surface area contributed by atoms with E-state index >= 15 is 0 Å². The number of hydrogen-bond donors (Lipinski definition) is 2. The summed E-state index contributed by atoms with van der Waals surface area (Å²) in [7, 11) is 1.68. The van der Waals surface area contributed by atoms with Crippen LogP contribution in [0.5, 0.6) is 0 Å². The van der Waals surface area contributed by atoms with Gasteiger partial charge in [0.1, 0.15) is 5.82 Å². The number of methoxy groups -OCH3 is 1. The summed E-state index contributed by atoms with van der Waals surface area (Å²) in [5.41, 5.74) is 7.61. The Hall–Kier alpha value is -3.21. The number of nitrogens with zero attached hydrogens (tertiary/aromatic N) is 6. The number of nitrogens with one attached hydrogen (secondary N) is 1. The fourth-order valence-electron chi connectivity index (χ4n) is 3.14. The smallest absolute Gasteiger partial charge is 0.232 e. The average molecular weight is 483 g/mol. The molecular weight excluding hydrogens is 460 g/mol. The normalized spacial score (nSPS) is 11.0.